The highest BCUT2D eigenvalue weighted by Crippen LogP contribution is 2.52. The monoisotopic (exact) mass is 435 g/mol. The number of carbonyl (C=O) groups is 1. The minimum Gasteiger partial charge on any atom is -0.497 e. The summed E-state index contributed by atoms with van der Waals surface area (Å²) in [6.45, 7) is 7.51. The summed E-state index contributed by atoms with van der Waals surface area (Å²) in [5.41, 5.74) is 1.11. The Morgan fingerprint density at radius 3 is 2.67 bits per heavy atom. The minimum absolute atomic E-state index is 0.0677. The van der Waals surface area contributed by atoms with Crippen LogP contribution in [0.4, 0.5) is 0 Å². The molecule has 3 fully saturated rings. The number of amides is 1. The van der Waals surface area contributed by atoms with Crippen LogP contribution in [0.2, 0.25) is 0 Å². The first-order valence-electron chi connectivity index (χ1n) is 10.6. The molecular weight excluding hydrogens is 402 g/mol. The van der Waals surface area contributed by atoms with Gasteiger partial charge in [-0.05, 0) is 54.2 Å². The van der Waals surface area contributed by atoms with Crippen molar-refractivity contribution in [3.05, 3.63) is 29.8 Å². The van der Waals surface area contributed by atoms with Gasteiger partial charge < -0.3 is 9.64 Å². The molecule has 30 heavy (non-hydrogen) atoms. The molecule has 1 aromatic carbocycles. The van der Waals surface area contributed by atoms with Gasteiger partial charge in [-0.25, -0.2) is 0 Å². The number of rotatable bonds is 3. The molecule has 1 aromatic rings. The van der Waals surface area contributed by atoms with E-state index < -0.39 is 22.3 Å². The van der Waals surface area contributed by atoms with Gasteiger partial charge in [0.2, 0.25) is 5.91 Å². The first-order valence-corrected chi connectivity index (χ1v) is 12.1. The number of nitrogens with one attached hydrogen (secondary N) is 1. The van der Waals surface area contributed by atoms with Gasteiger partial charge in [-0.2, -0.15) is 17.4 Å². The zero-order valence-electron chi connectivity index (χ0n) is 18.5. The van der Waals surface area contributed by atoms with Crippen molar-refractivity contribution in [1.82, 2.24) is 13.9 Å². The van der Waals surface area contributed by atoms with E-state index in [1.165, 1.54) is 11.4 Å². The molecule has 1 aliphatic carbocycles. The molecule has 8 heteroatoms. The molecular formula is C22H33N3O4S. The lowest BCUT2D eigenvalue weighted by molar-refractivity contribution is -0.137. The van der Waals surface area contributed by atoms with Crippen LogP contribution >= 0.6 is 0 Å². The van der Waals surface area contributed by atoms with Crippen LogP contribution in [0.25, 0.3) is 0 Å². The molecule has 7 nitrogen and oxygen atoms in total. The number of nitrogens with zero attached hydrogens (tertiary/aromatic N) is 2. The van der Waals surface area contributed by atoms with Crippen molar-refractivity contribution in [2.75, 3.05) is 20.7 Å². The van der Waals surface area contributed by atoms with E-state index in [-0.39, 0.29) is 22.8 Å². The second kappa shape index (κ2) is 7.21. The van der Waals surface area contributed by atoms with Crippen LogP contribution in [0, 0.1) is 10.8 Å². The normalized spacial score (nSPS) is 35.2. The van der Waals surface area contributed by atoms with Crippen molar-refractivity contribution in [1.29, 1.82) is 0 Å². The summed E-state index contributed by atoms with van der Waals surface area (Å²) in [6.07, 6.45) is 3.45. The molecule has 0 unspecified atom stereocenters. The molecule has 1 saturated carbocycles. The summed E-state index contributed by atoms with van der Waals surface area (Å²) >= 11 is 0. The number of hydrogen-bond acceptors (Lipinski definition) is 4. The van der Waals surface area contributed by atoms with Gasteiger partial charge in [0.1, 0.15) is 11.8 Å². The van der Waals surface area contributed by atoms with E-state index in [1.54, 1.807) is 7.11 Å². The first-order chi connectivity index (χ1) is 13.9. The van der Waals surface area contributed by atoms with Gasteiger partial charge in [0.25, 0.3) is 10.2 Å². The van der Waals surface area contributed by atoms with E-state index in [4.69, 9.17) is 4.74 Å². The van der Waals surface area contributed by atoms with Crippen LogP contribution in [0.5, 0.6) is 5.75 Å². The number of fused-ring (bicyclic) bond motifs is 2. The van der Waals surface area contributed by atoms with Gasteiger partial charge in [0.15, 0.2) is 0 Å². The summed E-state index contributed by atoms with van der Waals surface area (Å²) in [5.74, 6) is 0.596. The second-order valence-corrected chi connectivity index (χ2v) is 12.2. The van der Waals surface area contributed by atoms with Gasteiger partial charge in [0, 0.05) is 19.6 Å². The van der Waals surface area contributed by atoms with Crippen molar-refractivity contribution >= 4 is 16.1 Å². The number of ether oxygens (including phenoxy) is 1. The van der Waals surface area contributed by atoms with Gasteiger partial charge in [-0.15, -0.1) is 0 Å². The standard InChI is InChI=1S/C22H33N3O4S/c1-21(2)11-16-12-22(3,13-21)14-25(16)20(26)19-10-18(23-30(27,28)24(19)4)15-7-6-8-17(9-15)29-5/h6-9,16,18-19,23H,10-14H2,1-5H3/t16-,18-,19+,22+/m1/s1. The van der Waals surface area contributed by atoms with E-state index in [1.807, 2.05) is 29.2 Å². The highest BCUT2D eigenvalue weighted by atomic mass is 32.2. The van der Waals surface area contributed by atoms with E-state index in [2.05, 4.69) is 25.5 Å². The Hall–Kier alpha value is -1.64. The molecule has 4 atom stereocenters. The Morgan fingerprint density at radius 1 is 1.23 bits per heavy atom. The molecule has 4 rings (SSSR count). The average Bonchev–Trinajstić information content (AvgIpc) is 2.92. The zero-order chi connectivity index (χ0) is 21.9. The Kier molecular flexibility index (Phi) is 5.19. The fourth-order valence-electron chi connectivity index (χ4n) is 6.08. The van der Waals surface area contributed by atoms with Crippen molar-refractivity contribution in [2.45, 2.75) is 64.6 Å². The van der Waals surface area contributed by atoms with E-state index in [0.717, 1.165) is 24.8 Å². The van der Waals surface area contributed by atoms with Gasteiger partial charge in [-0.3, -0.25) is 4.79 Å². The fourth-order valence-corrected chi connectivity index (χ4v) is 7.35. The Morgan fingerprint density at radius 2 is 1.97 bits per heavy atom. The zero-order valence-corrected chi connectivity index (χ0v) is 19.3. The maximum atomic E-state index is 13.7. The molecule has 0 spiro atoms. The van der Waals surface area contributed by atoms with Crippen LogP contribution < -0.4 is 9.46 Å². The maximum absolute atomic E-state index is 13.7. The highest BCUT2D eigenvalue weighted by molar-refractivity contribution is 7.87. The Bertz CT molecular complexity index is 947. The molecule has 3 aliphatic rings. The summed E-state index contributed by atoms with van der Waals surface area (Å²) in [7, 11) is -0.686. The molecule has 1 N–H and O–H groups in total. The van der Waals surface area contributed by atoms with Crippen molar-refractivity contribution in [3.8, 4) is 5.75 Å². The lowest BCUT2D eigenvalue weighted by atomic mass is 9.65. The van der Waals surface area contributed by atoms with Gasteiger partial charge in [0.05, 0.1) is 13.2 Å². The number of carbonyl (C=O) groups excluding carboxylic acids is 1. The summed E-state index contributed by atoms with van der Waals surface area (Å²) < 4.78 is 34.9. The van der Waals surface area contributed by atoms with Crippen molar-refractivity contribution in [2.24, 2.45) is 10.8 Å². The predicted octanol–water partition coefficient (Wildman–Crippen LogP) is 2.70. The van der Waals surface area contributed by atoms with Crippen LogP contribution in [0.1, 0.15) is 58.1 Å². The largest absolute Gasteiger partial charge is 0.497 e. The summed E-state index contributed by atoms with van der Waals surface area (Å²) in [5, 5.41) is 0. The topological polar surface area (TPSA) is 79.0 Å². The Balaban J connectivity index is 1.61. The Labute approximate surface area is 179 Å². The van der Waals surface area contributed by atoms with Crippen LogP contribution in [-0.2, 0) is 15.0 Å². The van der Waals surface area contributed by atoms with Gasteiger partial charge in [-0.1, -0.05) is 32.9 Å². The second-order valence-electron chi connectivity index (χ2n) is 10.4. The maximum Gasteiger partial charge on any atom is 0.280 e. The molecule has 1 amide bonds. The third-order valence-electron chi connectivity index (χ3n) is 7.05. The first kappa shape index (κ1) is 21.6. The summed E-state index contributed by atoms with van der Waals surface area (Å²) in [4.78, 5) is 15.6. The smallest absolute Gasteiger partial charge is 0.280 e. The van der Waals surface area contributed by atoms with Gasteiger partial charge >= 0.3 is 0 Å². The third-order valence-corrected chi connectivity index (χ3v) is 8.64. The highest BCUT2D eigenvalue weighted by Gasteiger charge is 2.53. The molecule has 2 bridgehead atoms. The minimum atomic E-state index is -3.77. The van der Waals surface area contributed by atoms with Crippen LogP contribution in [-0.4, -0.2) is 56.3 Å². The number of hydrogen-bond donors (Lipinski definition) is 1. The van der Waals surface area contributed by atoms with E-state index >= 15 is 0 Å². The number of likely N-dealkylation sites (tertiary alicyclic amines) is 1. The fraction of sp³-hybridized carbons (Fsp3) is 0.682. The molecule has 2 saturated heterocycles. The van der Waals surface area contributed by atoms with E-state index in [0.29, 0.717) is 18.7 Å². The quantitative estimate of drug-likeness (QED) is 0.792. The molecule has 0 aromatic heterocycles. The van der Waals surface area contributed by atoms with Crippen LogP contribution in [0.15, 0.2) is 24.3 Å². The predicted molar refractivity (Wildman–Crippen MR) is 115 cm³/mol. The SMILES string of the molecule is COc1cccc([C@H]2C[C@@H](C(=O)N3C[C@@]4(C)C[C@H]3CC(C)(C)C4)N(C)S(=O)(=O)N2)c1. The summed E-state index contributed by atoms with van der Waals surface area (Å²) in [6, 6.07) is 6.36. The molecule has 0 radical (unpaired) electrons. The molecule has 2 aliphatic heterocycles. The van der Waals surface area contributed by atoms with Crippen molar-refractivity contribution in [3.63, 3.8) is 0 Å². The van der Waals surface area contributed by atoms with Crippen LogP contribution in [0.3, 0.4) is 0 Å². The lowest BCUT2D eigenvalue weighted by Gasteiger charge is -2.41. The number of likely N-dealkylation sites (N-methyl/N-ethyl adjacent to an activating group) is 1. The average molecular weight is 436 g/mol. The van der Waals surface area contributed by atoms with Crippen molar-refractivity contribution < 1.29 is 17.9 Å². The third kappa shape index (κ3) is 3.85. The van der Waals surface area contributed by atoms with E-state index in [9.17, 15) is 13.2 Å². The molecule has 166 valence electrons. The number of benzene rings is 1. The number of methoxy groups -OCH3 is 1. The lowest BCUT2D eigenvalue weighted by Crippen LogP contribution is -2.58. The molecule has 2 heterocycles.